The maximum atomic E-state index is 12.9. The number of fused-ring (bicyclic) bond motifs is 1. The first-order valence-electron chi connectivity index (χ1n) is 10.00. The summed E-state index contributed by atoms with van der Waals surface area (Å²) in [7, 11) is 1.89. The van der Waals surface area contributed by atoms with Crippen molar-refractivity contribution in [3.05, 3.63) is 40.3 Å². The molecule has 27 heavy (non-hydrogen) atoms. The highest BCUT2D eigenvalue weighted by atomic mass is 32.2. The Morgan fingerprint density at radius 1 is 1.33 bits per heavy atom. The second-order valence-corrected chi connectivity index (χ2v) is 8.94. The number of hydrogen-bond acceptors (Lipinski definition) is 3. The molecule has 1 aromatic rings. The molecule has 2 fully saturated rings. The monoisotopic (exact) mass is 386 g/mol. The van der Waals surface area contributed by atoms with E-state index in [-0.39, 0.29) is 23.8 Å². The Morgan fingerprint density at radius 3 is 2.85 bits per heavy atom. The second kappa shape index (κ2) is 8.96. The van der Waals surface area contributed by atoms with E-state index in [1.54, 1.807) is 11.8 Å². The van der Waals surface area contributed by atoms with Crippen molar-refractivity contribution >= 4 is 29.7 Å². The molecule has 1 aliphatic heterocycles. The van der Waals surface area contributed by atoms with Crippen molar-refractivity contribution in [2.24, 2.45) is 5.92 Å². The molecule has 0 radical (unpaired) electrons. The highest BCUT2D eigenvalue weighted by Crippen LogP contribution is 2.43. The highest BCUT2D eigenvalue weighted by molar-refractivity contribution is 8.04. The molecule has 0 aromatic heterocycles. The lowest BCUT2D eigenvalue weighted by molar-refractivity contribution is -0.131. The quantitative estimate of drug-likeness (QED) is 0.615. The standard InChI is InChI=1S/C22H30N2O2S/c1-4-5-12-23-21(25)17-10-11-19-18(13-17)24(3)22(26)20(27-19)14-16-9-7-6-8-15(16)2/h6-9,14,17-19H,4-5,10-13H2,1-3H3,(H,23,25)/b20-14-. The van der Waals surface area contributed by atoms with Gasteiger partial charge in [0.2, 0.25) is 5.91 Å². The summed E-state index contributed by atoms with van der Waals surface area (Å²) in [5.74, 6) is 0.270. The van der Waals surface area contributed by atoms with Crippen molar-refractivity contribution in [3.63, 3.8) is 0 Å². The van der Waals surface area contributed by atoms with Gasteiger partial charge in [-0.15, -0.1) is 11.8 Å². The molecule has 0 spiro atoms. The largest absolute Gasteiger partial charge is 0.356 e. The molecule has 3 rings (SSSR count). The minimum atomic E-state index is 0.0286. The number of carbonyl (C=O) groups excluding carboxylic acids is 2. The molecule has 146 valence electrons. The number of unbranched alkanes of at least 4 members (excludes halogenated alkanes) is 1. The van der Waals surface area contributed by atoms with Crippen LogP contribution in [0.2, 0.25) is 0 Å². The molecular weight excluding hydrogens is 356 g/mol. The van der Waals surface area contributed by atoms with E-state index >= 15 is 0 Å². The van der Waals surface area contributed by atoms with Gasteiger partial charge in [-0.25, -0.2) is 0 Å². The first-order chi connectivity index (χ1) is 13.0. The minimum absolute atomic E-state index is 0.0286. The maximum Gasteiger partial charge on any atom is 0.260 e. The van der Waals surface area contributed by atoms with Crippen LogP contribution in [0, 0.1) is 12.8 Å². The summed E-state index contributed by atoms with van der Waals surface area (Å²) in [6, 6.07) is 8.29. The van der Waals surface area contributed by atoms with E-state index in [1.807, 2.05) is 30.2 Å². The summed E-state index contributed by atoms with van der Waals surface area (Å²) in [5, 5.41) is 3.44. The van der Waals surface area contributed by atoms with Gasteiger partial charge in [0.05, 0.1) is 4.91 Å². The summed E-state index contributed by atoms with van der Waals surface area (Å²) in [6.07, 6.45) is 6.79. The highest BCUT2D eigenvalue weighted by Gasteiger charge is 2.42. The van der Waals surface area contributed by atoms with Gasteiger partial charge in [0.1, 0.15) is 0 Å². The lowest BCUT2D eigenvalue weighted by Crippen LogP contribution is -2.52. The first-order valence-corrected chi connectivity index (χ1v) is 10.9. The van der Waals surface area contributed by atoms with E-state index in [0.717, 1.165) is 49.1 Å². The fraction of sp³-hybridized carbons (Fsp3) is 0.545. The normalized spacial score (nSPS) is 26.8. The number of hydrogen-bond donors (Lipinski definition) is 1. The third-order valence-corrected chi connectivity index (χ3v) is 7.14. The van der Waals surface area contributed by atoms with E-state index in [0.29, 0.717) is 5.25 Å². The Kier molecular flexibility index (Phi) is 6.64. The van der Waals surface area contributed by atoms with Crippen molar-refractivity contribution in [3.8, 4) is 0 Å². The van der Waals surface area contributed by atoms with E-state index in [1.165, 1.54) is 5.56 Å². The SMILES string of the molecule is CCCCNC(=O)C1CCC2S/C(=C\c3ccccc3C)C(=O)N(C)C2C1. The Balaban J connectivity index is 1.69. The molecule has 1 heterocycles. The van der Waals surface area contributed by atoms with Crippen LogP contribution in [0.15, 0.2) is 29.2 Å². The fourth-order valence-electron chi connectivity index (χ4n) is 3.96. The fourth-order valence-corrected chi connectivity index (χ4v) is 5.43. The number of benzene rings is 1. The molecule has 3 unspecified atom stereocenters. The van der Waals surface area contributed by atoms with Gasteiger partial charge in [-0.1, -0.05) is 37.6 Å². The zero-order valence-electron chi connectivity index (χ0n) is 16.5. The maximum absolute atomic E-state index is 12.9. The van der Waals surface area contributed by atoms with Crippen molar-refractivity contribution in [2.75, 3.05) is 13.6 Å². The zero-order valence-corrected chi connectivity index (χ0v) is 17.3. The average Bonchev–Trinajstić information content (AvgIpc) is 2.67. The van der Waals surface area contributed by atoms with Crippen LogP contribution in [0.3, 0.4) is 0 Å². The van der Waals surface area contributed by atoms with Crippen molar-refractivity contribution in [1.29, 1.82) is 0 Å². The Hall–Kier alpha value is -1.75. The van der Waals surface area contributed by atoms with Crippen molar-refractivity contribution < 1.29 is 9.59 Å². The Bertz CT molecular complexity index is 731. The van der Waals surface area contributed by atoms with Crippen LogP contribution in [0.4, 0.5) is 0 Å². The number of likely N-dealkylation sites (N-methyl/N-ethyl adjacent to an activating group) is 1. The summed E-state index contributed by atoms with van der Waals surface area (Å²) < 4.78 is 0. The van der Waals surface area contributed by atoms with E-state index < -0.39 is 0 Å². The van der Waals surface area contributed by atoms with Crippen LogP contribution in [0.1, 0.15) is 50.2 Å². The Labute approximate surface area is 166 Å². The van der Waals surface area contributed by atoms with Crippen LogP contribution in [0.25, 0.3) is 6.08 Å². The molecule has 2 aliphatic rings. The van der Waals surface area contributed by atoms with Crippen LogP contribution in [-0.4, -0.2) is 41.6 Å². The number of amides is 2. The van der Waals surface area contributed by atoms with E-state index in [4.69, 9.17) is 0 Å². The third-order valence-electron chi connectivity index (χ3n) is 5.74. The number of rotatable bonds is 5. The van der Waals surface area contributed by atoms with Gasteiger partial charge in [0, 0.05) is 30.8 Å². The van der Waals surface area contributed by atoms with Gasteiger partial charge in [-0.2, -0.15) is 0 Å². The number of nitrogens with one attached hydrogen (secondary N) is 1. The van der Waals surface area contributed by atoms with E-state index in [9.17, 15) is 9.59 Å². The van der Waals surface area contributed by atoms with Crippen LogP contribution in [0.5, 0.6) is 0 Å². The summed E-state index contributed by atoms with van der Waals surface area (Å²) in [6.45, 7) is 4.95. The molecule has 1 N–H and O–H groups in total. The molecule has 0 bridgehead atoms. The molecule has 1 aromatic carbocycles. The van der Waals surface area contributed by atoms with Gasteiger partial charge in [0.15, 0.2) is 0 Å². The zero-order chi connectivity index (χ0) is 19.4. The molecular formula is C22H30N2O2S. The minimum Gasteiger partial charge on any atom is -0.356 e. The summed E-state index contributed by atoms with van der Waals surface area (Å²) in [4.78, 5) is 28.1. The van der Waals surface area contributed by atoms with Crippen LogP contribution < -0.4 is 5.32 Å². The first kappa shape index (κ1) is 20.0. The molecule has 1 saturated carbocycles. The van der Waals surface area contributed by atoms with Gasteiger partial charge < -0.3 is 10.2 Å². The molecule has 1 aliphatic carbocycles. The van der Waals surface area contributed by atoms with Gasteiger partial charge >= 0.3 is 0 Å². The number of carbonyl (C=O) groups is 2. The van der Waals surface area contributed by atoms with Gasteiger partial charge in [-0.05, 0) is 49.8 Å². The molecule has 5 heteroatoms. The molecule has 3 atom stereocenters. The van der Waals surface area contributed by atoms with Crippen LogP contribution >= 0.6 is 11.8 Å². The lowest BCUT2D eigenvalue weighted by Gasteiger charge is -2.44. The lowest BCUT2D eigenvalue weighted by atomic mass is 9.83. The molecule has 1 saturated heterocycles. The van der Waals surface area contributed by atoms with E-state index in [2.05, 4.69) is 31.3 Å². The van der Waals surface area contributed by atoms with Gasteiger partial charge in [-0.3, -0.25) is 9.59 Å². The summed E-state index contributed by atoms with van der Waals surface area (Å²) in [5.41, 5.74) is 2.28. The average molecular weight is 387 g/mol. The van der Waals surface area contributed by atoms with Gasteiger partial charge in [0.25, 0.3) is 5.91 Å². The predicted octanol–water partition coefficient (Wildman–Crippen LogP) is 3.99. The second-order valence-electron chi connectivity index (χ2n) is 7.66. The smallest absolute Gasteiger partial charge is 0.260 e. The molecule has 4 nitrogen and oxygen atoms in total. The molecule has 2 amide bonds. The van der Waals surface area contributed by atoms with Crippen LogP contribution in [-0.2, 0) is 9.59 Å². The van der Waals surface area contributed by atoms with Crippen molar-refractivity contribution in [1.82, 2.24) is 10.2 Å². The number of nitrogens with zero attached hydrogens (tertiary/aromatic N) is 1. The number of thioether (sulfide) groups is 1. The number of aryl methyl sites for hydroxylation is 1. The van der Waals surface area contributed by atoms with Crippen molar-refractivity contribution in [2.45, 2.75) is 57.2 Å². The third kappa shape index (κ3) is 4.57. The summed E-state index contributed by atoms with van der Waals surface area (Å²) >= 11 is 1.70. The topological polar surface area (TPSA) is 49.4 Å². The Morgan fingerprint density at radius 2 is 2.11 bits per heavy atom. The predicted molar refractivity (Wildman–Crippen MR) is 112 cm³/mol.